The van der Waals surface area contributed by atoms with E-state index in [4.69, 9.17) is 9.90 Å². The van der Waals surface area contributed by atoms with Gasteiger partial charge in [-0.15, -0.1) is 0 Å². The normalized spacial score (nSPS) is 13.6. The number of rotatable bonds is 0. The molecule has 0 saturated heterocycles. The number of carbonyl (C=O) groups is 1. The largest absolute Gasteiger partial charge is 2.00 e. The standard InChI is InChI=1S/C20H22N2O2.C2H4O2.Mn/c23-19-15-5-1-2-6-16-8-4-10-18(20(16)24)14-22-12-11-21-13-17(19)9-3-7-15;1-2(3)4;/h3-4,7-10,13-14,23-24H,1-2,5-6,11-12H2;1H3,(H,3,4);/q;;+2. The minimum Gasteiger partial charge on any atom is -0.507 e. The molecule has 0 saturated carbocycles. The van der Waals surface area contributed by atoms with Crippen LogP contribution in [0.1, 0.15) is 42.0 Å². The number of para-hydroxylation sites is 2. The molecule has 0 spiro atoms. The third kappa shape index (κ3) is 8.10. The molecule has 0 aromatic heterocycles. The van der Waals surface area contributed by atoms with E-state index < -0.39 is 5.97 Å². The average molecular weight is 437 g/mol. The summed E-state index contributed by atoms with van der Waals surface area (Å²) in [6.45, 7) is 2.17. The van der Waals surface area contributed by atoms with Gasteiger partial charge in [0.1, 0.15) is 11.5 Å². The third-order valence-corrected chi connectivity index (χ3v) is 4.26. The predicted molar refractivity (Wildman–Crippen MR) is 111 cm³/mol. The monoisotopic (exact) mass is 437 g/mol. The Morgan fingerprint density at radius 3 is 1.59 bits per heavy atom. The quantitative estimate of drug-likeness (QED) is 0.548. The summed E-state index contributed by atoms with van der Waals surface area (Å²) in [4.78, 5) is 17.7. The van der Waals surface area contributed by atoms with Crippen molar-refractivity contribution < 1.29 is 37.2 Å². The fourth-order valence-electron chi connectivity index (χ4n) is 2.91. The van der Waals surface area contributed by atoms with Crippen molar-refractivity contribution in [3.05, 3.63) is 58.7 Å². The van der Waals surface area contributed by atoms with Crippen LogP contribution in [0.3, 0.4) is 0 Å². The van der Waals surface area contributed by atoms with Gasteiger partial charge in [-0.3, -0.25) is 14.8 Å². The summed E-state index contributed by atoms with van der Waals surface area (Å²) >= 11 is 0. The molecule has 0 fully saturated rings. The zero-order chi connectivity index (χ0) is 20.4. The molecule has 6 nitrogen and oxygen atoms in total. The number of hydrogen-bond donors (Lipinski definition) is 3. The molecule has 1 radical (unpaired) electrons. The number of carboxylic acids is 1. The van der Waals surface area contributed by atoms with Crippen LogP contribution in [0.25, 0.3) is 0 Å². The molecule has 7 heteroatoms. The summed E-state index contributed by atoms with van der Waals surface area (Å²) in [6, 6.07) is 11.6. The van der Waals surface area contributed by atoms with E-state index in [0.717, 1.165) is 54.9 Å². The molecule has 4 bridgehead atoms. The van der Waals surface area contributed by atoms with Gasteiger partial charge in [0, 0.05) is 30.5 Å². The molecule has 1 aliphatic rings. The first-order valence-corrected chi connectivity index (χ1v) is 9.30. The van der Waals surface area contributed by atoms with Crippen LogP contribution < -0.4 is 0 Å². The number of aliphatic carboxylic acids is 1. The van der Waals surface area contributed by atoms with Gasteiger partial charge in [0.05, 0.1) is 13.1 Å². The molecular weight excluding hydrogens is 411 g/mol. The minimum absolute atomic E-state index is 0. The Kier molecular flexibility index (Phi) is 10.7. The van der Waals surface area contributed by atoms with Crippen molar-refractivity contribution >= 4 is 18.4 Å². The molecule has 0 aliphatic carbocycles. The number of aromatic hydroxyl groups is 2. The Balaban J connectivity index is 0.000000771. The second-order valence-electron chi connectivity index (χ2n) is 6.51. The average Bonchev–Trinajstić information content (AvgIpc) is 2.65. The fourth-order valence-corrected chi connectivity index (χ4v) is 2.91. The van der Waals surface area contributed by atoms with Gasteiger partial charge >= 0.3 is 17.1 Å². The fraction of sp³-hybridized carbons (Fsp3) is 0.318. The van der Waals surface area contributed by atoms with Crippen LogP contribution in [0.15, 0.2) is 46.4 Å². The Morgan fingerprint density at radius 1 is 0.828 bits per heavy atom. The van der Waals surface area contributed by atoms with Gasteiger partial charge in [0.25, 0.3) is 5.97 Å². The van der Waals surface area contributed by atoms with E-state index in [9.17, 15) is 10.2 Å². The van der Waals surface area contributed by atoms with Crippen LogP contribution in [-0.2, 0) is 34.7 Å². The molecule has 0 atom stereocenters. The maximum absolute atomic E-state index is 10.4. The van der Waals surface area contributed by atoms with Crippen LogP contribution in [0.4, 0.5) is 0 Å². The molecule has 29 heavy (non-hydrogen) atoms. The van der Waals surface area contributed by atoms with Gasteiger partial charge in [-0.2, -0.15) is 0 Å². The molecule has 2 aromatic rings. The van der Waals surface area contributed by atoms with E-state index in [1.165, 1.54) is 0 Å². The second-order valence-corrected chi connectivity index (χ2v) is 6.51. The molecule has 3 N–H and O–H groups in total. The first-order chi connectivity index (χ1) is 13.5. The molecule has 1 heterocycles. The number of carboxylic acid groups (broad SMARTS) is 1. The van der Waals surface area contributed by atoms with Crippen LogP contribution in [0.2, 0.25) is 0 Å². The maximum Gasteiger partial charge on any atom is 2.00 e. The van der Waals surface area contributed by atoms with Crippen molar-refractivity contribution in [3.63, 3.8) is 0 Å². The van der Waals surface area contributed by atoms with E-state index in [1.54, 1.807) is 12.4 Å². The number of nitrogens with zero attached hydrogens (tertiary/aromatic N) is 2. The Bertz CT molecular complexity index is 796. The van der Waals surface area contributed by atoms with E-state index in [-0.39, 0.29) is 17.1 Å². The molecule has 0 amide bonds. The topological polar surface area (TPSA) is 102 Å². The van der Waals surface area contributed by atoms with Crippen LogP contribution in [0.5, 0.6) is 11.5 Å². The summed E-state index contributed by atoms with van der Waals surface area (Å²) in [5, 5.41) is 28.1. The van der Waals surface area contributed by atoms with Gasteiger partial charge in [-0.05, 0) is 48.9 Å². The van der Waals surface area contributed by atoms with Gasteiger partial charge in [-0.1, -0.05) is 24.3 Å². The van der Waals surface area contributed by atoms with Crippen molar-refractivity contribution in [2.45, 2.75) is 32.6 Å². The Morgan fingerprint density at radius 2 is 1.21 bits per heavy atom. The molecule has 3 rings (SSSR count). The van der Waals surface area contributed by atoms with E-state index in [1.807, 2.05) is 36.4 Å². The summed E-state index contributed by atoms with van der Waals surface area (Å²) in [6.07, 6.45) is 6.94. The summed E-state index contributed by atoms with van der Waals surface area (Å²) in [7, 11) is 0. The van der Waals surface area contributed by atoms with E-state index in [2.05, 4.69) is 9.98 Å². The van der Waals surface area contributed by atoms with Gasteiger partial charge in [0.15, 0.2) is 0 Å². The first kappa shape index (κ1) is 24.4. The summed E-state index contributed by atoms with van der Waals surface area (Å²) in [5.41, 5.74) is 3.40. The molecule has 2 aromatic carbocycles. The smallest absolute Gasteiger partial charge is 0.507 e. The number of phenols is 2. The maximum atomic E-state index is 10.4. The minimum atomic E-state index is -0.833. The number of fused-ring (bicyclic) bond motifs is 4. The molecule has 1 aliphatic heterocycles. The van der Waals surface area contributed by atoms with Crippen LogP contribution in [0, 0.1) is 0 Å². The van der Waals surface area contributed by atoms with E-state index >= 15 is 0 Å². The second kappa shape index (κ2) is 12.8. The number of benzene rings is 2. The van der Waals surface area contributed by atoms with Crippen LogP contribution in [-0.4, -0.2) is 46.8 Å². The van der Waals surface area contributed by atoms with Crippen LogP contribution >= 0.6 is 0 Å². The van der Waals surface area contributed by atoms with E-state index in [0.29, 0.717) is 24.6 Å². The number of phenolic OH excluding ortho intramolecular Hbond substituents is 2. The van der Waals surface area contributed by atoms with Crippen molar-refractivity contribution in [2.75, 3.05) is 13.1 Å². The van der Waals surface area contributed by atoms with Crippen molar-refractivity contribution in [1.82, 2.24) is 0 Å². The van der Waals surface area contributed by atoms with Crippen molar-refractivity contribution in [2.24, 2.45) is 9.98 Å². The molecule has 153 valence electrons. The summed E-state index contributed by atoms with van der Waals surface area (Å²) < 4.78 is 0. The number of hydrogen-bond acceptors (Lipinski definition) is 5. The predicted octanol–water partition coefficient (Wildman–Crippen LogP) is 3.60. The molecular formula is C22H26MnN2O4+2. The Hall–Kier alpha value is -2.63. The number of aliphatic imine (C=N–C) groups is 2. The SMILES string of the molecule is CC(=O)O.Oc1c2cccc1CCCCc1cccc(c1O)C=NCCN=C2.[Mn+2]. The van der Waals surface area contributed by atoms with Gasteiger partial charge in [-0.25, -0.2) is 0 Å². The third-order valence-electron chi connectivity index (χ3n) is 4.26. The Labute approximate surface area is 181 Å². The molecule has 0 unspecified atom stereocenters. The first-order valence-electron chi connectivity index (χ1n) is 9.30. The zero-order valence-corrected chi connectivity index (χ0v) is 17.6. The summed E-state index contributed by atoms with van der Waals surface area (Å²) in [5.74, 6) is -0.191. The van der Waals surface area contributed by atoms with Gasteiger partial charge < -0.3 is 15.3 Å². The van der Waals surface area contributed by atoms with Gasteiger partial charge in [0.2, 0.25) is 0 Å². The van der Waals surface area contributed by atoms with Crippen molar-refractivity contribution in [1.29, 1.82) is 0 Å². The van der Waals surface area contributed by atoms with Crippen molar-refractivity contribution in [3.8, 4) is 11.5 Å². The zero-order valence-electron chi connectivity index (χ0n) is 16.4. The number of aryl methyl sites for hydroxylation is 2.